The number of alkyl halides is 3. The number of benzene rings is 2. The maximum absolute atomic E-state index is 14.9. The van der Waals surface area contributed by atoms with Gasteiger partial charge in [-0.05, 0) is 57.4 Å². The van der Waals surface area contributed by atoms with Crippen molar-refractivity contribution in [2.24, 2.45) is 11.8 Å². The van der Waals surface area contributed by atoms with Gasteiger partial charge in [-0.1, -0.05) is 24.6 Å². The van der Waals surface area contributed by atoms with Gasteiger partial charge in [0.05, 0.1) is 30.4 Å². The molecule has 206 valence electrons. The van der Waals surface area contributed by atoms with Crippen LogP contribution in [0.15, 0.2) is 36.4 Å². The predicted octanol–water partition coefficient (Wildman–Crippen LogP) is 5.33. The molecule has 2 aliphatic heterocycles. The van der Waals surface area contributed by atoms with Crippen molar-refractivity contribution in [2.75, 3.05) is 25.1 Å². The first-order valence-corrected chi connectivity index (χ1v) is 12.8. The van der Waals surface area contributed by atoms with Gasteiger partial charge in [-0.3, -0.25) is 9.59 Å². The monoisotopic (exact) mass is 535 g/mol. The summed E-state index contributed by atoms with van der Waals surface area (Å²) >= 11 is 0. The van der Waals surface area contributed by atoms with E-state index in [0.29, 0.717) is 30.3 Å². The standard InChI is InChI=1S/C28H33F4N3O3/c1-5-33-23-9-6-15(2)10-21(23)27(37)35-17(4)16(3)11-24(35)26(36)34-25(18-13-38-14-18)20-8-7-19(12-22(20)29)28(30,31)32/h6-10,12,16-18,24-25,33H,5,11,13-14H2,1-4H3,(H,34,36)/t16-,17-,24-,25?/m1/s1. The first-order chi connectivity index (χ1) is 17.9. The third kappa shape index (κ3) is 5.50. The Hall–Kier alpha value is -3.14. The lowest BCUT2D eigenvalue weighted by Crippen LogP contribution is -2.51. The molecule has 2 fully saturated rings. The van der Waals surface area contributed by atoms with E-state index in [9.17, 15) is 27.2 Å². The summed E-state index contributed by atoms with van der Waals surface area (Å²) in [5, 5.41) is 6.05. The highest BCUT2D eigenvalue weighted by Crippen LogP contribution is 2.37. The third-order valence-electron chi connectivity index (χ3n) is 7.60. The number of rotatable bonds is 7. The van der Waals surface area contributed by atoms with Gasteiger partial charge in [0.25, 0.3) is 5.91 Å². The van der Waals surface area contributed by atoms with Crippen LogP contribution in [0.5, 0.6) is 0 Å². The highest BCUT2D eigenvalue weighted by atomic mass is 19.4. The zero-order chi connectivity index (χ0) is 27.8. The molecule has 2 amide bonds. The minimum Gasteiger partial charge on any atom is -0.385 e. The van der Waals surface area contributed by atoms with E-state index in [0.717, 1.165) is 17.7 Å². The Bertz CT molecular complexity index is 1200. The summed E-state index contributed by atoms with van der Waals surface area (Å²) < 4.78 is 59.4. The number of halogens is 4. The Balaban J connectivity index is 1.63. The summed E-state index contributed by atoms with van der Waals surface area (Å²) in [5.74, 6) is -2.08. The van der Waals surface area contributed by atoms with Gasteiger partial charge in [0.2, 0.25) is 5.91 Å². The van der Waals surface area contributed by atoms with Crippen molar-refractivity contribution in [3.05, 3.63) is 64.5 Å². The van der Waals surface area contributed by atoms with Gasteiger partial charge < -0.3 is 20.3 Å². The SMILES string of the molecule is CCNc1ccc(C)cc1C(=O)N1[C@@H](C(=O)NC(c2ccc(C(F)(F)F)cc2F)C2COC2)C[C@@H](C)[C@H]1C. The molecule has 0 spiro atoms. The van der Waals surface area contributed by atoms with Gasteiger partial charge in [0.15, 0.2) is 0 Å². The fourth-order valence-electron chi connectivity index (χ4n) is 5.20. The molecule has 6 nitrogen and oxygen atoms in total. The molecule has 2 heterocycles. The molecule has 0 saturated carbocycles. The van der Waals surface area contributed by atoms with E-state index < -0.39 is 35.5 Å². The lowest BCUT2D eigenvalue weighted by molar-refractivity contribution is -0.138. The molecule has 38 heavy (non-hydrogen) atoms. The van der Waals surface area contributed by atoms with E-state index in [2.05, 4.69) is 10.6 Å². The van der Waals surface area contributed by atoms with Gasteiger partial charge >= 0.3 is 6.18 Å². The molecule has 10 heteroatoms. The van der Waals surface area contributed by atoms with Crippen LogP contribution in [0.4, 0.5) is 23.2 Å². The summed E-state index contributed by atoms with van der Waals surface area (Å²) in [6, 6.07) is 5.92. The number of hydrogen-bond acceptors (Lipinski definition) is 4. The number of ether oxygens (including phenoxy) is 1. The van der Waals surface area contributed by atoms with Crippen LogP contribution < -0.4 is 10.6 Å². The number of carbonyl (C=O) groups is 2. The quantitative estimate of drug-likeness (QED) is 0.471. The average molecular weight is 536 g/mol. The molecule has 1 unspecified atom stereocenters. The predicted molar refractivity (Wildman–Crippen MR) is 135 cm³/mol. The smallest absolute Gasteiger partial charge is 0.385 e. The van der Waals surface area contributed by atoms with Gasteiger partial charge in [0, 0.05) is 29.8 Å². The number of amides is 2. The van der Waals surface area contributed by atoms with Crippen molar-refractivity contribution in [1.82, 2.24) is 10.2 Å². The van der Waals surface area contributed by atoms with Crippen molar-refractivity contribution >= 4 is 17.5 Å². The summed E-state index contributed by atoms with van der Waals surface area (Å²) in [7, 11) is 0. The minimum absolute atomic E-state index is 0.0235. The second kappa shape index (κ2) is 10.9. The number of carbonyl (C=O) groups excluding carboxylic acids is 2. The Morgan fingerprint density at radius 3 is 2.42 bits per heavy atom. The first-order valence-electron chi connectivity index (χ1n) is 12.8. The van der Waals surface area contributed by atoms with Crippen molar-refractivity contribution in [2.45, 2.75) is 58.4 Å². The fourth-order valence-corrected chi connectivity index (χ4v) is 5.20. The van der Waals surface area contributed by atoms with Crippen molar-refractivity contribution in [3.63, 3.8) is 0 Å². The lowest BCUT2D eigenvalue weighted by atomic mass is 9.90. The number of hydrogen-bond donors (Lipinski definition) is 2. The summed E-state index contributed by atoms with van der Waals surface area (Å²) in [4.78, 5) is 29.1. The highest BCUT2D eigenvalue weighted by Gasteiger charge is 2.45. The largest absolute Gasteiger partial charge is 0.416 e. The molecule has 0 bridgehead atoms. The Morgan fingerprint density at radius 2 is 1.84 bits per heavy atom. The number of nitrogens with zero attached hydrogens (tertiary/aromatic N) is 1. The number of aryl methyl sites for hydroxylation is 1. The van der Waals surface area contributed by atoms with E-state index in [-0.39, 0.29) is 42.6 Å². The van der Waals surface area contributed by atoms with E-state index in [1.165, 1.54) is 0 Å². The molecule has 2 aromatic rings. The number of nitrogens with one attached hydrogen (secondary N) is 2. The van der Waals surface area contributed by atoms with Gasteiger partial charge in [-0.15, -0.1) is 0 Å². The first kappa shape index (κ1) is 27.9. The van der Waals surface area contributed by atoms with Gasteiger partial charge in [0.1, 0.15) is 11.9 Å². The summed E-state index contributed by atoms with van der Waals surface area (Å²) in [5.41, 5.74) is 0.899. The van der Waals surface area contributed by atoms with E-state index >= 15 is 0 Å². The molecule has 2 N–H and O–H groups in total. The molecule has 0 aliphatic carbocycles. The Morgan fingerprint density at radius 1 is 1.13 bits per heavy atom. The fraction of sp³-hybridized carbons (Fsp3) is 0.500. The zero-order valence-corrected chi connectivity index (χ0v) is 21.9. The Kier molecular flexibility index (Phi) is 8.01. The van der Waals surface area contributed by atoms with Crippen LogP contribution in [0.3, 0.4) is 0 Å². The minimum atomic E-state index is -4.68. The van der Waals surface area contributed by atoms with Crippen LogP contribution in [0, 0.1) is 24.6 Å². The molecule has 4 rings (SSSR count). The third-order valence-corrected chi connectivity index (χ3v) is 7.60. The number of anilines is 1. The van der Waals surface area contributed by atoms with Crippen LogP contribution in [0.2, 0.25) is 0 Å². The molecule has 2 aromatic carbocycles. The molecule has 0 aromatic heterocycles. The average Bonchev–Trinajstić information content (AvgIpc) is 3.12. The lowest BCUT2D eigenvalue weighted by Gasteiger charge is -2.36. The molecular weight excluding hydrogens is 502 g/mol. The molecule has 2 saturated heterocycles. The second-order valence-electron chi connectivity index (χ2n) is 10.3. The highest BCUT2D eigenvalue weighted by molar-refractivity contribution is 6.02. The maximum Gasteiger partial charge on any atom is 0.416 e. The molecule has 2 aliphatic rings. The number of likely N-dealkylation sites (tertiary alicyclic amines) is 1. The van der Waals surface area contributed by atoms with E-state index in [1.54, 1.807) is 11.0 Å². The van der Waals surface area contributed by atoms with E-state index in [1.807, 2.05) is 39.8 Å². The van der Waals surface area contributed by atoms with E-state index in [4.69, 9.17) is 4.74 Å². The zero-order valence-electron chi connectivity index (χ0n) is 21.9. The summed E-state index contributed by atoms with van der Waals surface area (Å²) in [6.07, 6.45) is -4.28. The summed E-state index contributed by atoms with van der Waals surface area (Å²) in [6.45, 7) is 8.76. The maximum atomic E-state index is 14.9. The second-order valence-corrected chi connectivity index (χ2v) is 10.3. The van der Waals surface area contributed by atoms with Crippen LogP contribution in [0.25, 0.3) is 0 Å². The Labute approximate surface area is 219 Å². The van der Waals surface area contributed by atoms with Crippen LogP contribution in [-0.2, 0) is 15.7 Å². The molecular formula is C28H33F4N3O3. The van der Waals surface area contributed by atoms with Crippen molar-refractivity contribution < 1.29 is 31.9 Å². The molecule has 0 radical (unpaired) electrons. The topological polar surface area (TPSA) is 70.7 Å². The van der Waals surface area contributed by atoms with Gasteiger partial charge in [-0.25, -0.2) is 4.39 Å². The van der Waals surface area contributed by atoms with Crippen LogP contribution in [0.1, 0.15) is 60.3 Å². The van der Waals surface area contributed by atoms with Crippen LogP contribution in [-0.4, -0.2) is 48.6 Å². The molecule has 4 atom stereocenters. The van der Waals surface area contributed by atoms with Crippen molar-refractivity contribution in [1.29, 1.82) is 0 Å². The van der Waals surface area contributed by atoms with Gasteiger partial charge in [-0.2, -0.15) is 13.2 Å². The normalized spacial score (nSPS) is 22.6. The van der Waals surface area contributed by atoms with Crippen molar-refractivity contribution in [3.8, 4) is 0 Å². The van der Waals surface area contributed by atoms with Crippen LogP contribution >= 0.6 is 0 Å².